The largest absolute Gasteiger partial charge is 0.497 e. The Morgan fingerprint density at radius 2 is 1.70 bits per heavy atom. The highest BCUT2D eigenvalue weighted by atomic mass is 35.5. The van der Waals surface area contributed by atoms with Gasteiger partial charge in [0.1, 0.15) is 18.3 Å². The predicted molar refractivity (Wildman–Crippen MR) is 170 cm³/mol. The monoisotopic (exact) mass is 645 g/mol. The van der Waals surface area contributed by atoms with Crippen LogP contribution in [0.3, 0.4) is 0 Å². The topological polar surface area (TPSA) is 96.0 Å². The second kappa shape index (κ2) is 14.5. The highest BCUT2D eigenvalue weighted by Gasteiger charge is 2.34. The van der Waals surface area contributed by atoms with Gasteiger partial charge in [-0.3, -0.25) is 13.9 Å². The third kappa shape index (κ3) is 8.02. The number of hydrogen-bond acceptors (Lipinski definition) is 5. The van der Waals surface area contributed by atoms with Crippen LogP contribution < -0.4 is 14.4 Å². The molecule has 1 aliphatic carbocycles. The molecule has 8 nitrogen and oxygen atoms in total. The second-order valence-corrected chi connectivity index (χ2v) is 13.4. The van der Waals surface area contributed by atoms with Gasteiger partial charge in [-0.05, 0) is 74.2 Å². The molecule has 1 atom stereocenters. The van der Waals surface area contributed by atoms with Crippen LogP contribution in [-0.2, 0) is 26.2 Å². The first kappa shape index (κ1) is 32.6. The molecule has 1 saturated carbocycles. The number of sulfonamides is 1. The van der Waals surface area contributed by atoms with Crippen LogP contribution in [0.4, 0.5) is 5.69 Å². The van der Waals surface area contributed by atoms with Gasteiger partial charge in [-0.2, -0.15) is 0 Å². The summed E-state index contributed by atoms with van der Waals surface area (Å²) in [6.07, 6.45) is 4.22. The zero-order valence-corrected chi connectivity index (χ0v) is 26.9. The molecule has 3 aromatic rings. The summed E-state index contributed by atoms with van der Waals surface area (Å²) in [5.41, 5.74) is 1.80. The number of amides is 2. The molecule has 0 radical (unpaired) electrons. The first-order valence-electron chi connectivity index (χ1n) is 14.3. The van der Waals surface area contributed by atoms with Crippen LogP contribution in [-0.4, -0.2) is 50.9 Å². The molecule has 0 saturated heterocycles. The van der Waals surface area contributed by atoms with Gasteiger partial charge in [-0.1, -0.05) is 72.8 Å². The number of nitrogens with zero attached hydrogens (tertiary/aromatic N) is 2. The van der Waals surface area contributed by atoms with E-state index in [-0.39, 0.29) is 39.1 Å². The fraction of sp³-hybridized carbons (Fsp3) is 0.375. The summed E-state index contributed by atoms with van der Waals surface area (Å²) in [6.45, 7) is 3.21. The Morgan fingerprint density at radius 1 is 1.00 bits per heavy atom. The van der Waals surface area contributed by atoms with Gasteiger partial charge >= 0.3 is 0 Å². The van der Waals surface area contributed by atoms with Crippen molar-refractivity contribution in [3.05, 3.63) is 87.9 Å². The molecule has 1 unspecified atom stereocenters. The summed E-state index contributed by atoms with van der Waals surface area (Å²) < 4.78 is 34.4. The lowest BCUT2D eigenvalue weighted by molar-refractivity contribution is -0.140. The quantitative estimate of drug-likeness (QED) is 0.247. The first-order chi connectivity index (χ1) is 20.5. The summed E-state index contributed by atoms with van der Waals surface area (Å²) >= 11 is 12.4. The molecule has 0 aliphatic heterocycles. The highest BCUT2D eigenvalue weighted by Crippen LogP contribution is 2.31. The van der Waals surface area contributed by atoms with Gasteiger partial charge < -0.3 is 15.0 Å². The number of benzene rings is 3. The minimum atomic E-state index is -4.22. The SMILES string of the molecule is CCC(C(=O)NC1CCCC1)N(Cc1cccc(OC)c1)C(=O)CN(c1ccc(Cl)c(Cl)c1)S(=O)(=O)c1ccc(C)cc1. The normalized spacial score (nSPS) is 14.3. The van der Waals surface area contributed by atoms with Crippen molar-refractivity contribution in [3.63, 3.8) is 0 Å². The predicted octanol–water partition coefficient (Wildman–Crippen LogP) is 6.37. The summed E-state index contributed by atoms with van der Waals surface area (Å²) in [5.74, 6) is -0.195. The minimum absolute atomic E-state index is 0.0161. The fourth-order valence-electron chi connectivity index (χ4n) is 5.26. The van der Waals surface area contributed by atoms with E-state index in [9.17, 15) is 18.0 Å². The number of carbonyl (C=O) groups excluding carboxylic acids is 2. The molecule has 0 heterocycles. The average Bonchev–Trinajstić information content (AvgIpc) is 3.50. The molecule has 43 heavy (non-hydrogen) atoms. The lowest BCUT2D eigenvalue weighted by Gasteiger charge is -2.34. The molecule has 1 N–H and O–H groups in total. The van der Waals surface area contributed by atoms with Crippen LogP contribution in [0, 0.1) is 6.92 Å². The van der Waals surface area contributed by atoms with Crippen molar-refractivity contribution in [1.82, 2.24) is 10.2 Å². The van der Waals surface area contributed by atoms with Crippen LogP contribution in [0.15, 0.2) is 71.6 Å². The van der Waals surface area contributed by atoms with Crippen molar-refractivity contribution >= 4 is 50.7 Å². The van der Waals surface area contributed by atoms with Crippen molar-refractivity contribution in [2.75, 3.05) is 18.0 Å². The third-order valence-corrected chi connectivity index (χ3v) is 10.2. The summed E-state index contributed by atoms with van der Waals surface area (Å²) in [5, 5.41) is 3.51. The Labute approximate surface area is 264 Å². The van der Waals surface area contributed by atoms with E-state index in [0.717, 1.165) is 41.1 Å². The fourth-order valence-corrected chi connectivity index (χ4v) is 6.96. The van der Waals surface area contributed by atoms with E-state index < -0.39 is 28.5 Å². The number of halogens is 2. The van der Waals surface area contributed by atoms with E-state index in [1.165, 1.54) is 35.2 Å². The van der Waals surface area contributed by atoms with Gasteiger partial charge in [0.15, 0.2) is 0 Å². The Kier molecular flexibility index (Phi) is 11.0. The zero-order chi connectivity index (χ0) is 31.1. The molecule has 0 spiro atoms. The Bertz CT molecular complexity index is 1540. The molecule has 1 aliphatic rings. The lowest BCUT2D eigenvalue weighted by Crippen LogP contribution is -2.53. The van der Waals surface area contributed by atoms with Crippen LogP contribution in [0.25, 0.3) is 0 Å². The molecular weight excluding hydrogens is 609 g/mol. The van der Waals surface area contributed by atoms with Crippen LogP contribution >= 0.6 is 23.2 Å². The number of aryl methyl sites for hydroxylation is 1. The molecule has 230 valence electrons. The number of rotatable bonds is 12. The van der Waals surface area contributed by atoms with E-state index in [4.69, 9.17) is 27.9 Å². The van der Waals surface area contributed by atoms with Crippen molar-refractivity contribution < 1.29 is 22.7 Å². The van der Waals surface area contributed by atoms with Crippen LogP contribution in [0.2, 0.25) is 10.0 Å². The number of carbonyl (C=O) groups is 2. The zero-order valence-electron chi connectivity index (χ0n) is 24.6. The van der Waals surface area contributed by atoms with Crippen molar-refractivity contribution in [2.45, 2.75) is 69.5 Å². The molecule has 0 aromatic heterocycles. The highest BCUT2D eigenvalue weighted by molar-refractivity contribution is 7.92. The van der Waals surface area contributed by atoms with E-state index in [1.54, 1.807) is 37.4 Å². The number of anilines is 1. The van der Waals surface area contributed by atoms with Crippen molar-refractivity contribution in [3.8, 4) is 5.75 Å². The Balaban J connectivity index is 1.74. The molecule has 11 heteroatoms. The third-order valence-electron chi connectivity index (χ3n) is 7.65. The van der Waals surface area contributed by atoms with E-state index in [0.29, 0.717) is 12.2 Å². The van der Waals surface area contributed by atoms with Gasteiger partial charge in [-0.25, -0.2) is 8.42 Å². The summed E-state index contributed by atoms with van der Waals surface area (Å²) in [6, 6.07) is 17.3. The average molecular weight is 647 g/mol. The maximum atomic E-state index is 14.3. The molecule has 0 bridgehead atoms. The smallest absolute Gasteiger partial charge is 0.264 e. The lowest BCUT2D eigenvalue weighted by atomic mass is 10.1. The standard InChI is InChI=1S/C32H37Cl2N3O5S/c1-4-30(32(39)35-24-9-5-6-10-24)36(20-23-8-7-11-26(18-23)42-3)31(38)21-37(25-14-17-28(33)29(34)19-25)43(40,41)27-15-12-22(2)13-16-27/h7-8,11-19,24,30H,4-6,9-10,20-21H2,1-3H3,(H,35,39). The number of methoxy groups -OCH3 is 1. The minimum Gasteiger partial charge on any atom is -0.497 e. The van der Waals surface area contributed by atoms with Crippen LogP contribution in [0.5, 0.6) is 5.75 Å². The second-order valence-electron chi connectivity index (χ2n) is 10.7. The van der Waals surface area contributed by atoms with E-state index in [1.807, 2.05) is 19.9 Å². The Hall–Kier alpha value is -3.27. The number of ether oxygens (including phenoxy) is 1. The molecule has 3 aromatic carbocycles. The number of nitrogens with one attached hydrogen (secondary N) is 1. The van der Waals surface area contributed by atoms with Crippen molar-refractivity contribution in [1.29, 1.82) is 0 Å². The van der Waals surface area contributed by atoms with Gasteiger partial charge in [0.25, 0.3) is 10.0 Å². The van der Waals surface area contributed by atoms with Gasteiger partial charge in [0.05, 0.1) is 27.7 Å². The molecular formula is C32H37Cl2N3O5S. The van der Waals surface area contributed by atoms with Crippen molar-refractivity contribution in [2.24, 2.45) is 0 Å². The summed E-state index contributed by atoms with van der Waals surface area (Å²) in [4.78, 5) is 29.3. The molecule has 2 amide bonds. The maximum absolute atomic E-state index is 14.3. The first-order valence-corrected chi connectivity index (χ1v) is 16.5. The van der Waals surface area contributed by atoms with Gasteiger partial charge in [0.2, 0.25) is 11.8 Å². The maximum Gasteiger partial charge on any atom is 0.264 e. The molecule has 4 rings (SSSR count). The van der Waals surface area contributed by atoms with Gasteiger partial charge in [0, 0.05) is 12.6 Å². The van der Waals surface area contributed by atoms with E-state index in [2.05, 4.69) is 5.32 Å². The summed E-state index contributed by atoms with van der Waals surface area (Å²) in [7, 11) is -2.67. The number of hydrogen-bond donors (Lipinski definition) is 1. The Morgan fingerprint density at radius 3 is 2.33 bits per heavy atom. The molecule has 1 fully saturated rings. The van der Waals surface area contributed by atoms with E-state index >= 15 is 0 Å². The van der Waals surface area contributed by atoms with Gasteiger partial charge in [-0.15, -0.1) is 0 Å². The van der Waals surface area contributed by atoms with Crippen LogP contribution in [0.1, 0.15) is 50.2 Å².